The van der Waals surface area contributed by atoms with Crippen molar-refractivity contribution in [1.82, 2.24) is 20.1 Å². The third-order valence-corrected chi connectivity index (χ3v) is 3.88. The van der Waals surface area contributed by atoms with Gasteiger partial charge in [-0.15, -0.1) is 22.6 Å². The van der Waals surface area contributed by atoms with E-state index in [-0.39, 0.29) is 25.1 Å². The fourth-order valence-electron chi connectivity index (χ4n) is 2.57. The van der Waals surface area contributed by atoms with E-state index >= 15 is 0 Å². The van der Waals surface area contributed by atoms with Crippen molar-refractivity contribution in [1.29, 1.82) is 0 Å². The smallest absolute Gasteiger partial charge is 0.159 e. The first-order valence-electron chi connectivity index (χ1n) is 6.78. The predicted molar refractivity (Wildman–Crippen MR) is 83.7 cm³/mol. The Hall–Kier alpha value is -1.14. The molecule has 1 fully saturated rings. The van der Waals surface area contributed by atoms with E-state index < -0.39 is 0 Å². The Balaban J connectivity index is 0.00000161. The summed E-state index contributed by atoms with van der Waals surface area (Å²) in [7, 11) is 0. The van der Waals surface area contributed by atoms with Gasteiger partial charge in [-0.3, -0.25) is 0 Å². The molecule has 3 rings (SSSR count). The molecule has 0 unspecified atom stereocenters. The number of aromatic nitrogens is 3. The van der Waals surface area contributed by atoms with E-state index in [0.29, 0.717) is 12.4 Å². The summed E-state index contributed by atoms with van der Waals surface area (Å²) in [5, 5.41) is 21.9. The SMILES string of the molecule is Cl.OCc1nnc([C@H]2CCCN2)n1Cc1ccc(Cl)cc1. The monoisotopic (exact) mass is 328 g/mol. The van der Waals surface area contributed by atoms with E-state index in [9.17, 15) is 5.11 Å². The second-order valence-electron chi connectivity index (χ2n) is 4.99. The fraction of sp³-hybridized carbons (Fsp3) is 0.429. The zero-order valence-electron chi connectivity index (χ0n) is 11.5. The van der Waals surface area contributed by atoms with Crippen LogP contribution in [0.2, 0.25) is 5.02 Å². The highest BCUT2D eigenvalue weighted by Crippen LogP contribution is 2.23. The van der Waals surface area contributed by atoms with Gasteiger partial charge in [0.15, 0.2) is 11.6 Å². The summed E-state index contributed by atoms with van der Waals surface area (Å²) in [5.41, 5.74) is 1.11. The van der Waals surface area contributed by atoms with Crippen molar-refractivity contribution in [3.05, 3.63) is 46.5 Å². The second-order valence-corrected chi connectivity index (χ2v) is 5.43. The zero-order chi connectivity index (χ0) is 13.9. The number of hydrogen-bond donors (Lipinski definition) is 2. The van der Waals surface area contributed by atoms with E-state index in [0.717, 1.165) is 35.8 Å². The van der Waals surface area contributed by atoms with Crippen LogP contribution in [0, 0.1) is 0 Å². The lowest BCUT2D eigenvalue weighted by atomic mass is 10.2. The Labute approximate surface area is 134 Å². The molecular formula is C14H18Cl2N4O. The van der Waals surface area contributed by atoms with Gasteiger partial charge in [0.05, 0.1) is 12.6 Å². The maximum Gasteiger partial charge on any atom is 0.159 e. The molecule has 5 nitrogen and oxygen atoms in total. The van der Waals surface area contributed by atoms with Crippen molar-refractivity contribution in [2.24, 2.45) is 0 Å². The third-order valence-electron chi connectivity index (χ3n) is 3.62. The normalized spacial score (nSPS) is 17.7. The Morgan fingerprint density at radius 3 is 2.67 bits per heavy atom. The molecule has 1 aliphatic heterocycles. The first-order valence-corrected chi connectivity index (χ1v) is 7.16. The Morgan fingerprint density at radius 1 is 1.29 bits per heavy atom. The largest absolute Gasteiger partial charge is 0.388 e. The van der Waals surface area contributed by atoms with Crippen molar-refractivity contribution in [2.45, 2.75) is 32.0 Å². The molecule has 0 spiro atoms. The van der Waals surface area contributed by atoms with Gasteiger partial charge in [0, 0.05) is 5.02 Å². The first-order chi connectivity index (χ1) is 9.78. The van der Waals surface area contributed by atoms with Gasteiger partial charge in [-0.2, -0.15) is 0 Å². The van der Waals surface area contributed by atoms with Crippen LogP contribution in [-0.4, -0.2) is 26.4 Å². The summed E-state index contributed by atoms with van der Waals surface area (Å²) in [5.74, 6) is 1.50. The van der Waals surface area contributed by atoms with Crippen LogP contribution in [0.15, 0.2) is 24.3 Å². The molecule has 2 aromatic rings. The van der Waals surface area contributed by atoms with Crippen molar-refractivity contribution in [3.8, 4) is 0 Å². The molecule has 114 valence electrons. The van der Waals surface area contributed by atoms with Crippen molar-refractivity contribution in [3.63, 3.8) is 0 Å². The van der Waals surface area contributed by atoms with Crippen molar-refractivity contribution in [2.75, 3.05) is 6.54 Å². The maximum absolute atomic E-state index is 9.43. The second kappa shape index (κ2) is 7.22. The van der Waals surface area contributed by atoms with Crippen molar-refractivity contribution < 1.29 is 5.11 Å². The molecule has 0 saturated carbocycles. The number of aliphatic hydroxyl groups excluding tert-OH is 1. The summed E-state index contributed by atoms with van der Waals surface area (Å²) < 4.78 is 1.99. The zero-order valence-corrected chi connectivity index (χ0v) is 13.1. The van der Waals surface area contributed by atoms with Crippen LogP contribution in [0.4, 0.5) is 0 Å². The molecule has 1 aromatic heterocycles. The van der Waals surface area contributed by atoms with Gasteiger partial charge < -0.3 is 15.0 Å². The Kier molecular flexibility index (Phi) is 5.58. The highest BCUT2D eigenvalue weighted by atomic mass is 35.5. The molecule has 0 amide bonds. The minimum Gasteiger partial charge on any atom is -0.388 e. The topological polar surface area (TPSA) is 63.0 Å². The van der Waals surface area contributed by atoms with Crippen LogP contribution in [-0.2, 0) is 13.2 Å². The van der Waals surface area contributed by atoms with Gasteiger partial charge in [-0.05, 0) is 37.1 Å². The molecule has 0 radical (unpaired) electrons. The first kappa shape index (κ1) is 16.2. The Bertz CT molecular complexity index is 579. The van der Waals surface area contributed by atoms with Gasteiger partial charge in [0.2, 0.25) is 0 Å². The lowest BCUT2D eigenvalue weighted by Gasteiger charge is -2.14. The lowest BCUT2D eigenvalue weighted by molar-refractivity contribution is 0.265. The summed E-state index contributed by atoms with van der Waals surface area (Å²) in [6.07, 6.45) is 2.21. The van der Waals surface area contributed by atoms with Gasteiger partial charge in [0.25, 0.3) is 0 Å². The molecule has 0 bridgehead atoms. The van der Waals surface area contributed by atoms with Gasteiger partial charge in [-0.25, -0.2) is 0 Å². The number of nitrogens with one attached hydrogen (secondary N) is 1. The molecule has 2 heterocycles. The average molecular weight is 329 g/mol. The molecule has 2 N–H and O–H groups in total. The number of hydrogen-bond acceptors (Lipinski definition) is 4. The summed E-state index contributed by atoms with van der Waals surface area (Å²) in [6.45, 7) is 1.55. The summed E-state index contributed by atoms with van der Waals surface area (Å²) in [6, 6.07) is 7.93. The van der Waals surface area contributed by atoms with Gasteiger partial charge in [0.1, 0.15) is 6.61 Å². The maximum atomic E-state index is 9.43. The molecule has 21 heavy (non-hydrogen) atoms. The van der Waals surface area contributed by atoms with E-state index in [2.05, 4.69) is 15.5 Å². The predicted octanol–water partition coefficient (Wildman–Crippen LogP) is 2.32. The quantitative estimate of drug-likeness (QED) is 0.904. The number of nitrogens with zero attached hydrogens (tertiary/aromatic N) is 3. The molecule has 0 aliphatic carbocycles. The average Bonchev–Trinajstić information content (AvgIpc) is 3.10. The number of rotatable bonds is 4. The van der Waals surface area contributed by atoms with Crippen LogP contribution in [0.1, 0.15) is 36.1 Å². The molecular weight excluding hydrogens is 311 g/mol. The van der Waals surface area contributed by atoms with Crippen LogP contribution in [0.5, 0.6) is 0 Å². The minimum atomic E-state index is -0.104. The van der Waals surface area contributed by atoms with Crippen molar-refractivity contribution >= 4 is 24.0 Å². The number of benzene rings is 1. The van der Waals surface area contributed by atoms with E-state index in [1.807, 2.05) is 28.8 Å². The van der Waals surface area contributed by atoms with E-state index in [1.165, 1.54) is 0 Å². The third kappa shape index (κ3) is 3.55. The van der Waals surface area contributed by atoms with Gasteiger partial charge in [-0.1, -0.05) is 23.7 Å². The fourth-order valence-corrected chi connectivity index (χ4v) is 2.70. The highest BCUT2D eigenvalue weighted by Gasteiger charge is 2.23. The van der Waals surface area contributed by atoms with Crippen LogP contribution < -0.4 is 5.32 Å². The highest BCUT2D eigenvalue weighted by molar-refractivity contribution is 6.30. The molecule has 1 atom stereocenters. The lowest BCUT2D eigenvalue weighted by Crippen LogP contribution is -2.19. The van der Waals surface area contributed by atoms with Crippen LogP contribution in [0.25, 0.3) is 0 Å². The molecule has 1 saturated heterocycles. The molecule has 7 heteroatoms. The molecule has 1 aromatic carbocycles. The number of aliphatic hydroxyl groups is 1. The van der Waals surface area contributed by atoms with E-state index in [4.69, 9.17) is 11.6 Å². The summed E-state index contributed by atoms with van der Waals surface area (Å²) in [4.78, 5) is 0. The standard InChI is InChI=1S/C14H17ClN4O.ClH/c15-11-5-3-10(4-6-11)8-19-13(9-20)17-18-14(19)12-2-1-7-16-12;/h3-6,12,16,20H,1-2,7-9H2;1H/t12-;/m1./s1. The minimum absolute atomic E-state index is 0. The Morgan fingerprint density at radius 2 is 2.05 bits per heavy atom. The van der Waals surface area contributed by atoms with Gasteiger partial charge >= 0.3 is 0 Å². The number of halogens is 2. The molecule has 1 aliphatic rings. The summed E-state index contributed by atoms with van der Waals surface area (Å²) >= 11 is 5.91. The van der Waals surface area contributed by atoms with E-state index in [1.54, 1.807) is 0 Å². The van der Waals surface area contributed by atoms with Crippen LogP contribution in [0.3, 0.4) is 0 Å². The van der Waals surface area contributed by atoms with Crippen LogP contribution >= 0.6 is 24.0 Å².